The molecule has 18 heavy (non-hydrogen) atoms. The van der Waals surface area contributed by atoms with Crippen LogP contribution in [0.4, 0.5) is 10.1 Å². The summed E-state index contributed by atoms with van der Waals surface area (Å²) in [6.07, 6.45) is 0. The number of aryl methyl sites for hydroxylation is 1. The summed E-state index contributed by atoms with van der Waals surface area (Å²) in [6.45, 7) is 6.79. The van der Waals surface area contributed by atoms with Gasteiger partial charge in [0.1, 0.15) is 5.82 Å². The molecule has 0 aliphatic carbocycles. The lowest BCUT2D eigenvalue weighted by molar-refractivity contribution is -0.247. The van der Waals surface area contributed by atoms with Crippen molar-refractivity contribution in [1.82, 2.24) is 0 Å². The molecule has 0 saturated carbocycles. The molecule has 1 aliphatic rings. The van der Waals surface area contributed by atoms with Crippen LogP contribution in [0.15, 0.2) is 16.6 Å². The normalized spacial score (nSPS) is 19.8. The monoisotopic (exact) mass is 317 g/mol. The maximum Gasteiger partial charge on any atom is 0.162 e. The first-order valence-electron chi connectivity index (χ1n) is 5.87. The first kappa shape index (κ1) is 13.8. The molecule has 0 spiro atoms. The zero-order valence-corrected chi connectivity index (χ0v) is 12.3. The second kappa shape index (κ2) is 5.15. The van der Waals surface area contributed by atoms with Crippen LogP contribution in [-0.4, -0.2) is 25.0 Å². The van der Waals surface area contributed by atoms with Crippen molar-refractivity contribution in [2.75, 3.05) is 18.5 Å². The fourth-order valence-corrected chi connectivity index (χ4v) is 2.26. The average Bonchev–Trinajstić information content (AvgIpc) is 2.28. The Bertz CT molecular complexity index is 441. The molecule has 2 rings (SSSR count). The van der Waals surface area contributed by atoms with Gasteiger partial charge >= 0.3 is 0 Å². The van der Waals surface area contributed by atoms with E-state index in [-0.39, 0.29) is 11.9 Å². The Kier molecular flexibility index (Phi) is 3.94. The highest BCUT2D eigenvalue weighted by molar-refractivity contribution is 9.10. The van der Waals surface area contributed by atoms with Gasteiger partial charge in [-0.05, 0) is 54.4 Å². The number of rotatable bonds is 2. The van der Waals surface area contributed by atoms with Crippen LogP contribution < -0.4 is 5.32 Å². The molecule has 0 aromatic heterocycles. The predicted octanol–water partition coefficient (Wildman–Crippen LogP) is 3.46. The first-order valence-corrected chi connectivity index (χ1v) is 6.67. The smallest absolute Gasteiger partial charge is 0.162 e. The van der Waals surface area contributed by atoms with Gasteiger partial charge in [0.05, 0.1) is 23.7 Å². The maximum absolute atomic E-state index is 13.5. The molecule has 3 nitrogen and oxygen atoms in total. The highest BCUT2D eigenvalue weighted by Crippen LogP contribution is 2.26. The van der Waals surface area contributed by atoms with E-state index in [0.717, 1.165) is 11.3 Å². The van der Waals surface area contributed by atoms with Crippen LogP contribution in [-0.2, 0) is 9.47 Å². The van der Waals surface area contributed by atoms with Gasteiger partial charge in [0.15, 0.2) is 5.79 Å². The topological polar surface area (TPSA) is 30.5 Å². The first-order chi connectivity index (χ1) is 8.37. The molecule has 5 heteroatoms. The van der Waals surface area contributed by atoms with E-state index in [2.05, 4.69) is 21.2 Å². The van der Waals surface area contributed by atoms with Crippen molar-refractivity contribution < 1.29 is 13.9 Å². The third-order valence-corrected chi connectivity index (χ3v) is 3.50. The minimum absolute atomic E-state index is 0.0392. The van der Waals surface area contributed by atoms with Crippen LogP contribution in [0.3, 0.4) is 0 Å². The minimum Gasteiger partial charge on any atom is -0.377 e. The summed E-state index contributed by atoms with van der Waals surface area (Å²) in [5.41, 5.74) is 1.75. The number of ether oxygens (including phenoxy) is 2. The largest absolute Gasteiger partial charge is 0.377 e. The van der Waals surface area contributed by atoms with E-state index in [1.807, 2.05) is 20.8 Å². The van der Waals surface area contributed by atoms with Crippen molar-refractivity contribution in [3.8, 4) is 0 Å². The lowest BCUT2D eigenvalue weighted by Crippen LogP contribution is -2.45. The maximum atomic E-state index is 13.5. The van der Waals surface area contributed by atoms with E-state index >= 15 is 0 Å². The lowest BCUT2D eigenvalue weighted by Gasteiger charge is -2.35. The van der Waals surface area contributed by atoms with Gasteiger partial charge in [-0.15, -0.1) is 0 Å². The summed E-state index contributed by atoms with van der Waals surface area (Å²) in [7, 11) is 0. The van der Waals surface area contributed by atoms with Gasteiger partial charge in [-0.25, -0.2) is 4.39 Å². The molecular weight excluding hydrogens is 301 g/mol. The van der Waals surface area contributed by atoms with Crippen LogP contribution in [0.2, 0.25) is 0 Å². The van der Waals surface area contributed by atoms with E-state index in [9.17, 15) is 4.39 Å². The zero-order chi connectivity index (χ0) is 13.3. The van der Waals surface area contributed by atoms with Crippen LogP contribution >= 0.6 is 15.9 Å². The number of anilines is 1. The molecule has 0 atom stereocenters. The van der Waals surface area contributed by atoms with Crippen molar-refractivity contribution in [1.29, 1.82) is 0 Å². The van der Waals surface area contributed by atoms with Gasteiger partial charge in [-0.1, -0.05) is 0 Å². The molecule has 1 N–H and O–H groups in total. The number of hydrogen-bond acceptors (Lipinski definition) is 3. The molecule has 0 bridgehead atoms. The summed E-state index contributed by atoms with van der Waals surface area (Å²) < 4.78 is 25.1. The molecule has 1 fully saturated rings. The molecule has 0 amide bonds. The highest BCUT2D eigenvalue weighted by atomic mass is 79.9. The highest BCUT2D eigenvalue weighted by Gasteiger charge is 2.28. The minimum atomic E-state index is -0.530. The van der Waals surface area contributed by atoms with E-state index in [1.165, 1.54) is 6.07 Å². The Hall–Kier alpha value is -0.650. The van der Waals surface area contributed by atoms with Crippen molar-refractivity contribution in [2.45, 2.75) is 32.6 Å². The van der Waals surface area contributed by atoms with E-state index in [4.69, 9.17) is 9.47 Å². The Labute approximate surface area is 115 Å². The molecule has 1 aliphatic heterocycles. The standard InChI is InChI=1S/C13H17BrFNO2/c1-8-4-10(14)11(15)5-12(8)16-9-6-17-13(2,3)18-7-9/h4-5,9,16H,6-7H2,1-3H3. The van der Waals surface area contributed by atoms with Crippen LogP contribution in [0.5, 0.6) is 0 Å². The Morgan fingerprint density at radius 3 is 2.56 bits per heavy atom. The van der Waals surface area contributed by atoms with Crippen LogP contribution in [0.25, 0.3) is 0 Å². The van der Waals surface area contributed by atoms with E-state index in [0.29, 0.717) is 17.7 Å². The molecule has 0 unspecified atom stereocenters. The SMILES string of the molecule is Cc1cc(Br)c(F)cc1NC1COC(C)(C)OC1. The molecule has 0 radical (unpaired) electrons. The van der Waals surface area contributed by atoms with Gasteiger partial charge < -0.3 is 14.8 Å². The average molecular weight is 318 g/mol. The Morgan fingerprint density at radius 1 is 1.33 bits per heavy atom. The molecule has 1 aromatic rings. The van der Waals surface area contributed by atoms with E-state index in [1.54, 1.807) is 6.07 Å². The van der Waals surface area contributed by atoms with Crippen molar-refractivity contribution >= 4 is 21.6 Å². The van der Waals surface area contributed by atoms with Gasteiger partial charge in [-0.3, -0.25) is 0 Å². The molecule has 1 aromatic carbocycles. The Balaban J connectivity index is 2.04. The second-order valence-corrected chi connectivity index (χ2v) is 5.80. The zero-order valence-electron chi connectivity index (χ0n) is 10.7. The van der Waals surface area contributed by atoms with Crippen LogP contribution in [0, 0.1) is 12.7 Å². The summed E-state index contributed by atoms with van der Waals surface area (Å²) in [6, 6.07) is 3.28. The summed E-state index contributed by atoms with van der Waals surface area (Å²) in [4.78, 5) is 0. The summed E-state index contributed by atoms with van der Waals surface area (Å²) in [5.74, 6) is -0.806. The summed E-state index contributed by atoms with van der Waals surface area (Å²) in [5, 5.41) is 3.24. The number of benzene rings is 1. The second-order valence-electron chi connectivity index (χ2n) is 4.94. The van der Waals surface area contributed by atoms with Crippen molar-refractivity contribution in [3.63, 3.8) is 0 Å². The van der Waals surface area contributed by atoms with Crippen LogP contribution in [0.1, 0.15) is 19.4 Å². The summed E-state index contributed by atoms with van der Waals surface area (Å²) >= 11 is 3.17. The van der Waals surface area contributed by atoms with Gasteiger partial charge in [0, 0.05) is 5.69 Å². The fourth-order valence-electron chi connectivity index (χ4n) is 1.80. The predicted molar refractivity (Wildman–Crippen MR) is 72.2 cm³/mol. The lowest BCUT2D eigenvalue weighted by atomic mass is 10.1. The quantitative estimate of drug-likeness (QED) is 0.906. The molecule has 100 valence electrons. The van der Waals surface area contributed by atoms with Crippen molar-refractivity contribution in [3.05, 3.63) is 28.0 Å². The van der Waals surface area contributed by atoms with Gasteiger partial charge in [-0.2, -0.15) is 0 Å². The number of halogens is 2. The molecular formula is C13H17BrFNO2. The Morgan fingerprint density at radius 2 is 1.94 bits per heavy atom. The van der Waals surface area contributed by atoms with E-state index < -0.39 is 5.79 Å². The third-order valence-electron chi connectivity index (χ3n) is 2.89. The van der Waals surface area contributed by atoms with Crippen molar-refractivity contribution in [2.24, 2.45) is 0 Å². The molecule has 1 saturated heterocycles. The van der Waals surface area contributed by atoms with Gasteiger partial charge in [0.2, 0.25) is 0 Å². The van der Waals surface area contributed by atoms with Gasteiger partial charge in [0.25, 0.3) is 0 Å². The fraction of sp³-hybridized carbons (Fsp3) is 0.538. The third kappa shape index (κ3) is 3.22. The molecule has 1 heterocycles. The number of hydrogen-bond donors (Lipinski definition) is 1. The number of nitrogens with one attached hydrogen (secondary N) is 1.